The molecule has 0 spiro atoms. The average molecular weight is 207 g/mol. The summed E-state index contributed by atoms with van der Waals surface area (Å²) in [6.45, 7) is 1.12. The van der Waals surface area contributed by atoms with Gasteiger partial charge in [-0.2, -0.15) is 0 Å². The van der Waals surface area contributed by atoms with E-state index >= 15 is 0 Å². The lowest BCUT2D eigenvalue weighted by Crippen LogP contribution is -2.11. The maximum Gasteiger partial charge on any atom is 0.0912 e. The van der Waals surface area contributed by atoms with Crippen molar-refractivity contribution in [1.29, 1.82) is 0 Å². The van der Waals surface area contributed by atoms with Crippen LogP contribution in [0.2, 0.25) is 0 Å². The van der Waals surface area contributed by atoms with E-state index in [1.54, 1.807) is 0 Å². The molecule has 1 aliphatic heterocycles. The summed E-state index contributed by atoms with van der Waals surface area (Å²) in [6.07, 6.45) is 1.93. The summed E-state index contributed by atoms with van der Waals surface area (Å²) in [7, 11) is 0. The van der Waals surface area contributed by atoms with Crippen LogP contribution in [0.3, 0.4) is 0 Å². The minimum absolute atomic E-state index is 0.245. The minimum atomic E-state index is -0.552. The minimum Gasteiger partial charge on any atom is -0.387 e. The van der Waals surface area contributed by atoms with Crippen LogP contribution in [0.5, 0.6) is 0 Å². The van der Waals surface area contributed by atoms with Crippen LogP contribution in [0, 0.1) is 0 Å². The predicted octanol–water partition coefficient (Wildman–Crippen LogP) is 1.53. The Morgan fingerprint density at radius 2 is 2.13 bits per heavy atom. The summed E-state index contributed by atoms with van der Waals surface area (Å²) in [5.41, 5.74) is 7.46. The third-order valence-electron chi connectivity index (χ3n) is 2.85. The van der Waals surface area contributed by atoms with Gasteiger partial charge in [-0.1, -0.05) is 24.3 Å². The van der Waals surface area contributed by atoms with Gasteiger partial charge in [-0.3, -0.25) is 0 Å². The molecule has 82 valence electrons. The highest BCUT2D eigenvalue weighted by molar-refractivity contribution is 5.26. The van der Waals surface area contributed by atoms with Gasteiger partial charge in [0.05, 0.1) is 12.2 Å². The number of aliphatic hydroxyl groups excluding tert-OH is 1. The zero-order valence-electron chi connectivity index (χ0n) is 8.73. The van der Waals surface area contributed by atoms with Gasteiger partial charge in [0.1, 0.15) is 0 Å². The Morgan fingerprint density at radius 3 is 2.67 bits per heavy atom. The molecule has 1 fully saturated rings. The quantitative estimate of drug-likeness (QED) is 0.790. The molecule has 2 atom stereocenters. The topological polar surface area (TPSA) is 55.5 Å². The van der Waals surface area contributed by atoms with Crippen LogP contribution in [0.15, 0.2) is 24.3 Å². The third kappa shape index (κ3) is 2.37. The highest BCUT2D eigenvalue weighted by Gasteiger charge is 2.17. The van der Waals surface area contributed by atoms with Crippen molar-refractivity contribution in [3.05, 3.63) is 35.4 Å². The summed E-state index contributed by atoms with van der Waals surface area (Å²) >= 11 is 0. The summed E-state index contributed by atoms with van der Waals surface area (Å²) in [6, 6.07) is 7.89. The summed E-state index contributed by atoms with van der Waals surface area (Å²) in [4.78, 5) is 0. The summed E-state index contributed by atoms with van der Waals surface area (Å²) < 4.78 is 5.58. The first kappa shape index (κ1) is 10.6. The maximum atomic E-state index is 9.53. The van der Waals surface area contributed by atoms with Gasteiger partial charge in [-0.15, -0.1) is 0 Å². The second kappa shape index (κ2) is 4.75. The van der Waals surface area contributed by atoms with Gasteiger partial charge >= 0.3 is 0 Å². The van der Waals surface area contributed by atoms with Crippen molar-refractivity contribution in [2.45, 2.75) is 25.0 Å². The first-order chi connectivity index (χ1) is 7.31. The second-order valence-electron chi connectivity index (χ2n) is 3.92. The summed E-state index contributed by atoms with van der Waals surface area (Å²) in [5.74, 6) is 0. The van der Waals surface area contributed by atoms with Gasteiger partial charge in [-0.05, 0) is 24.0 Å². The molecular weight excluding hydrogens is 190 g/mol. The molecule has 0 saturated carbocycles. The number of hydrogen-bond acceptors (Lipinski definition) is 3. The molecule has 15 heavy (non-hydrogen) atoms. The average Bonchev–Trinajstić information content (AvgIpc) is 2.82. The fourth-order valence-corrected chi connectivity index (χ4v) is 1.91. The van der Waals surface area contributed by atoms with Crippen molar-refractivity contribution >= 4 is 0 Å². The molecule has 2 unspecified atom stereocenters. The molecule has 0 aliphatic carbocycles. The van der Waals surface area contributed by atoms with Crippen molar-refractivity contribution in [2.75, 3.05) is 13.2 Å². The van der Waals surface area contributed by atoms with Gasteiger partial charge in [0.2, 0.25) is 0 Å². The lowest BCUT2D eigenvalue weighted by atomic mass is 10.0. The predicted molar refractivity (Wildman–Crippen MR) is 58.4 cm³/mol. The first-order valence-electron chi connectivity index (χ1n) is 5.41. The van der Waals surface area contributed by atoms with Crippen LogP contribution in [-0.2, 0) is 4.74 Å². The molecule has 3 nitrogen and oxygen atoms in total. The Bertz CT molecular complexity index is 304. The standard InChI is InChI=1S/C12H17NO2/c13-8-11(14)9-3-5-10(6-4-9)12-2-1-7-15-12/h3-6,11-12,14H,1-2,7-8,13H2. The Labute approximate surface area is 89.9 Å². The van der Waals surface area contributed by atoms with E-state index in [-0.39, 0.29) is 12.6 Å². The molecule has 0 amide bonds. The molecule has 1 aromatic carbocycles. The molecule has 3 heteroatoms. The molecule has 0 bridgehead atoms. The molecular formula is C12H17NO2. The number of benzene rings is 1. The maximum absolute atomic E-state index is 9.53. The smallest absolute Gasteiger partial charge is 0.0912 e. The highest BCUT2D eigenvalue weighted by atomic mass is 16.5. The fraction of sp³-hybridized carbons (Fsp3) is 0.500. The molecule has 2 rings (SSSR count). The first-order valence-corrected chi connectivity index (χ1v) is 5.41. The van der Waals surface area contributed by atoms with E-state index in [1.807, 2.05) is 24.3 Å². The van der Waals surface area contributed by atoms with Crippen LogP contribution in [0.1, 0.15) is 36.2 Å². The van der Waals surface area contributed by atoms with Crippen LogP contribution in [0.25, 0.3) is 0 Å². The van der Waals surface area contributed by atoms with Crippen molar-refractivity contribution in [2.24, 2.45) is 5.73 Å². The lowest BCUT2D eigenvalue weighted by molar-refractivity contribution is 0.112. The molecule has 3 N–H and O–H groups in total. The number of ether oxygens (including phenoxy) is 1. The lowest BCUT2D eigenvalue weighted by Gasteiger charge is -2.12. The summed E-state index contributed by atoms with van der Waals surface area (Å²) in [5, 5.41) is 9.53. The number of rotatable bonds is 3. The van der Waals surface area contributed by atoms with E-state index in [2.05, 4.69) is 0 Å². The Morgan fingerprint density at radius 1 is 1.40 bits per heavy atom. The fourth-order valence-electron chi connectivity index (χ4n) is 1.91. The largest absolute Gasteiger partial charge is 0.387 e. The molecule has 1 aliphatic rings. The Hall–Kier alpha value is -0.900. The SMILES string of the molecule is NCC(O)c1ccc(C2CCCO2)cc1. The molecule has 1 saturated heterocycles. The van der Waals surface area contributed by atoms with E-state index in [1.165, 1.54) is 5.56 Å². The van der Waals surface area contributed by atoms with Gasteiger partial charge in [0.25, 0.3) is 0 Å². The van der Waals surface area contributed by atoms with Gasteiger partial charge < -0.3 is 15.6 Å². The van der Waals surface area contributed by atoms with Gasteiger partial charge in [-0.25, -0.2) is 0 Å². The van der Waals surface area contributed by atoms with Crippen LogP contribution in [0.4, 0.5) is 0 Å². The van der Waals surface area contributed by atoms with Crippen molar-refractivity contribution in [3.8, 4) is 0 Å². The van der Waals surface area contributed by atoms with E-state index in [0.717, 1.165) is 25.0 Å². The van der Waals surface area contributed by atoms with E-state index < -0.39 is 6.10 Å². The van der Waals surface area contributed by atoms with Crippen molar-refractivity contribution in [3.63, 3.8) is 0 Å². The zero-order valence-corrected chi connectivity index (χ0v) is 8.73. The number of aliphatic hydroxyl groups is 1. The zero-order chi connectivity index (χ0) is 10.7. The highest BCUT2D eigenvalue weighted by Crippen LogP contribution is 2.28. The normalized spacial score (nSPS) is 22.9. The van der Waals surface area contributed by atoms with Crippen LogP contribution >= 0.6 is 0 Å². The Kier molecular flexibility index (Phi) is 3.36. The molecule has 0 aromatic heterocycles. The Balaban J connectivity index is 2.09. The second-order valence-corrected chi connectivity index (χ2v) is 3.92. The van der Waals surface area contributed by atoms with Crippen LogP contribution < -0.4 is 5.73 Å². The van der Waals surface area contributed by atoms with Gasteiger partial charge in [0.15, 0.2) is 0 Å². The molecule has 0 radical (unpaired) electrons. The number of nitrogens with two attached hydrogens (primary N) is 1. The van der Waals surface area contributed by atoms with Gasteiger partial charge in [0, 0.05) is 13.2 Å². The van der Waals surface area contributed by atoms with E-state index in [0.29, 0.717) is 0 Å². The van der Waals surface area contributed by atoms with Crippen molar-refractivity contribution < 1.29 is 9.84 Å². The molecule has 1 heterocycles. The van der Waals surface area contributed by atoms with E-state index in [4.69, 9.17) is 10.5 Å². The number of hydrogen-bond donors (Lipinski definition) is 2. The molecule has 1 aromatic rings. The van der Waals surface area contributed by atoms with E-state index in [9.17, 15) is 5.11 Å². The van der Waals surface area contributed by atoms with Crippen molar-refractivity contribution in [1.82, 2.24) is 0 Å². The monoisotopic (exact) mass is 207 g/mol. The van der Waals surface area contributed by atoms with Crippen LogP contribution in [-0.4, -0.2) is 18.3 Å². The third-order valence-corrected chi connectivity index (χ3v) is 2.85.